The molecule has 3 rings (SSSR count). The summed E-state index contributed by atoms with van der Waals surface area (Å²) in [6, 6.07) is 16.0. The fraction of sp³-hybridized carbons (Fsp3) is 0.385. The van der Waals surface area contributed by atoms with Crippen molar-refractivity contribution in [2.45, 2.75) is 45.2 Å². The summed E-state index contributed by atoms with van der Waals surface area (Å²) in [7, 11) is 2.11. The number of benzene rings is 1. The van der Waals surface area contributed by atoms with Crippen molar-refractivity contribution in [2.24, 2.45) is 0 Å². The highest BCUT2D eigenvalue weighted by atomic mass is 35.5. The van der Waals surface area contributed by atoms with Crippen LogP contribution in [0.1, 0.15) is 49.2 Å². The van der Waals surface area contributed by atoms with E-state index in [1.165, 1.54) is 11.1 Å². The van der Waals surface area contributed by atoms with Gasteiger partial charge in [0.1, 0.15) is 0 Å². The molecule has 0 saturated carbocycles. The second-order valence-electron chi connectivity index (χ2n) is 8.68. The van der Waals surface area contributed by atoms with Gasteiger partial charge in [0.25, 0.3) is 0 Å². The molecule has 32 heavy (non-hydrogen) atoms. The maximum atomic E-state index is 6.21. The molecule has 0 amide bonds. The van der Waals surface area contributed by atoms with Crippen LogP contribution < -0.4 is 5.32 Å². The van der Waals surface area contributed by atoms with Gasteiger partial charge in [0, 0.05) is 35.9 Å². The van der Waals surface area contributed by atoms with Gasteiger partial charge in [-0.1, -0.05) is 55.2 Å². The SMILES string of the molecule is CN(CCCCNCc1ncccc1C(C)(C)c1ccc(Cl)cc1)Cc1ncccc1Cl. The molecular weight excluding hydrogens is 439 g/mol. The van der Waals surface area contributed by atoms with E-state index in [0.717, 1.165) is 60.5 Å². The van der Waals surface area contributed by atoms with E-state index in [2.05, 4.69) is 59.3 Å². The van der Waals surface area contributed by atoms with Gasteiger partial charge in [0.05, 0.1) is 16.4 Å². The van der Waals surface area contributed by atoms with E-state index >= 15 is 0 Å². The largest absolute Gasteiger partial charge is 0.311 e. The zero-order valence-corrected chi connectivity index (χ0v) is 20.6. The first-order valence-electron chi connectivity index (χ1n) is 11.1. The van der Waals surface area contributed by atoms with E-state index in [1.807, 2.05) is 36.5 Å². The van der Waals surface area contributed by atoms with E-state index in [4.69, 9.17) is 23.2 Å². The normalized spacial score (nSPS) is 11.8. The van der Waals surface area contributed by atoms with Gasteiger partial charge >= 0.3 is 0 Å². The highest BCUT2D eigenvalue weighted by molar-refractivity contribution is 6.31. The Hall–Kier alpha value is -1.98. The Bertz CT molecular complexity index is 989. The summed E-state index contributed by atoms with van der Waals surface area (Å²) in [6.45, 7) is 7.96. The van der Waals surface area contributed by atoms with Gasteiger partial charge in [-0.05, 0) is 74.4 Å². The van der Waals surface area contributed by atoms with E-state index in [-0.39, 0.29) is 5.41 Å². The van der Waals surface area contributed by atoms with Crippen LogP contribution in [0.4, 0.5) is 0 Å². The molecule has 1 aromatic carbocycles. The Morgan fingerprint density at radius 3 is 2.31 bits per heavy atom. The van der Waals surface area contributed by atoms with Crippen LogP contribution in [0.2, 0.25) is 10.0 Å². The molecule has 2 heterocycles. The van der Waals surface area contributed by atoms with Crippen molar-refractivity contribution in [2.75, 3.05) is 20.1 Å². The lowest BCUT2D eigenvalue weighted by atomic mass is 9.77. The van der Waals surface area contributed by atoms with Crippen LogP contribution >= 0.6 is 23.2 Å². The number of halogens is 2. The van der Waals surface area contributed by atoms with Gasteiger partial charge in [-0.3, -0.25) is 9.97 Å². The molecule has 0 unspecified atom stereocenters. The third-order valence-corrected chi connectivity index (χ3v) is 6.42. The summed E-state index contributed by atoms with van der Waals surface area (Å²) in [4.78, 5) is 11.3. The predicted molar refractivity (Wildman–Crippen MR) is 134 cm³/mol. The van der Waals surface area contributed by atoms with Crippen molar-refractivity contribution in [3.05, 3.63) is 93.5 Å². The third-order valence-electron chi connectivity index (χ3n) is 5.82. The second-order valence-corrected chi connectivity index (χ2v) is 9.53. The van der Waals surface area contributed by atoms with Crippen molar-refractivity contribution >= 4 is 23.2 Å². The first-order chi connectivity index (χ1) is 15.4. The molecule has 170 valence electrons. The molecule has 0 fully saturated rings. The molecule has 0 bridgehead atoms. The summed E-state index contributed by atoms with van der Waals surface area (Å²) in [5.41, 5.74) is 4.34. The summed E-state index contributed by atoms with van der Waals surface area (Å²) in [5.74, 6) is 0. The van der Waals surface area contributed by atoms with E-state index in [9.17, 15) is 0 Å². The number of nitrogens with zero attached hydrogens (tertiary/aromatic N) is 3. The number of aromatic nitrogens is 2. The maximum Gasteiger partial charge on any atom is 0.0729 e. The number of hydrogen-bond acceptors (Lipinski definition) is 4. The molecule has 0 atom stereocenters. The van der Waals surface area contributed by atoms with Crippen LogP contribution in [0.3, 0.4) is 0 Å². The van der Waals surface area contributed by atoms with Gasteiger partial charge < -0.3 is 10.2 Å². The topological polar surface area (TPSA) is 41.0 Å². The zero-order valence-electron chi connectivity index (χ0n) is 19.1. The Morgan fingerprint density at radius 1 is 0.906 bits per heavy atom. The fourth-order valence-electron chi connectivity index (χ4n) is 3.88. The molecule has 3 aromatic rings. The molecule has 1 N–H and O–H groups in total. The van der Waals surface area contributed by atoms with Crippen LogP contribution in [0, 0.1) is 0 Å². The van der Waals surface area contributed by atoms with Crippen LogP contribution in [-0.2, 0) is 18.5 Å². The van der Waals surface area contributed by atoms with E-state index < -0.39 is 0 Å². The lowest BCUT2D eigenvalue weighted by Crippen LogP contribution is -2.25. The predicted octanol–water partition coefficient (Wildman–Crippen LogP) is 6.11. The fourth-order valence-corrected chi connectivity index (χ4v) is 4.19. The Labute approximate surface area is 202 Å². The van der Waals surface area contributed by atoms with Gasteiger partial charge in [-0.15, -0.1) is 0 Å². The van der Waals surface area contributed by atoms with Gasteiger partial charge in [0.15, 0.2) is 0 Å². The molecule has 0 aliphatic heterocycles. The zero-order chi connectivity index (χ0) is 23.0. The summed E-state index contributed by atoms with van der Waals surface area (Å²) >= 11 is 12.3. The van der Waals surface area contributed by atoms with Crippen molar-refractivity contribution in [3.8, 4) is 0 Å². The number of nitrogens with one attached hydrogen (secondary N) is 1. The van der Waals surface area contributed by atoms with Crippen LogP contribution in [0.25, 0.3) is 0 Å². The smallest absolute Gasteiger partial charge is 0.0729 e. The molecule has 0 radical (unpaired) electrons. The summed E-state index contributed by atoms with van der Waals surface area (Å²) in [6.07, 6.45) is 5.87. The molecule has 0 saturated heterocycles. The first kappa shape index (κ1) is 24.7. The van der Waals surface area contributed by atoms with Gasteiger partial charge in [0.2, 0.25) is 0 Å². The number of rotatable bonds is 11. The second kappa shape index (κ2) is 11.8. The minimum atomic E-state index is -0.147. The molecule has 0 aliphatic rings. The van der Waals surface area contributed by atoms with Crippen molar-refractivity contribution in [3.63, 3.8) is 0 Å². The lowest BCUT2D eigenvalue weighted by Gasteiger charge is -2.28. The number of unbranched alkanes of at least 4 members (excludes halogenated alkanes) is 1. The minimum absolute atomic E-state index is 0.147. The monoisotopic (exact) mass is 470 g/mol. The van der Waals surface area contributed by atoms with Crippen LogP contribution in [-0.4, -0.2) is 35.0 Å². The summed E-state index contributed by atoms with van der Waals surface area (Å²) in [5, 5.41) is 5.06. The van der Waals surface area contributed by atoms with Gasteiger partial charge in [-0.25, -0.2) is 0 Å². The molecular formula is C26H32Cl2N4. The first-order valence-corrected chi connectivity index (χ1v) is 11.8. The number of pyridine rings is 2. The van der Waals surface area contributed by atoms with Crippen LogP contribution in [0.15, 0.2) is 60.9 Å². The Balaban J connectivity index is 1.46. The van der Waals surface area contributed by atoms with Crippen LogP contribution in [0.5, 0.6) is 0 Å². The molecule has 0 aliphatic carbocycles. The standard InChI is InChI=1S/C26H32Cl2N4/c1-26(2,20-10-12-21(27)13-11-20)22-8-6-15-30-24(22)18-29-14-4-5-17-32(3)19-25-23(28)9-7-16-31-25/h6-13,15-16,29H,4-5,14,17-19H2,1-3H3. The van der Waals surface area contributed by atoms with E-state index in [0.29, 0.717) is 0 Å². The van der Waals surface area contributed by atoms with Gasteiger partial charge in [-0.2, -0.15) is 0 Å². The molecule has 0 spiro atoms. The Kier molecular flexibility index (Phi) is 9.06. The summed E-state index contributed by atoms with van der Waals surface area (Å²) < 4.78 is 0. The van der Waals surface area contributed by atoms with E-state index in [1.54, 1.807) is 6.20 Å². The highest BCUT2D eigenvalue weighted by Gasteiger charge is 2.26. The molecule has 4 nitrogen and oxygen atoms in total. The number of hydrogen-bond donors (Lipinski definition) is 1. The average Bonchev–Trinajstić information content (AvgIpc) is 2.78. The Morgan fingerprint density at radius 2 is 1.59 bits per heavy atom. The van der Waals surface area contributed by atoms with Crippen molar-refractivity contribution in [1.29, 1.82) is 0 Å². The van der Waals surface area contributed by atoms with Crippen molar-refractivity contribution in [1.82, 2.24) is 20.2 Å². The average molecular weight is 471 g/mol. The minimum Gasteiger partial charge on any atom is -0.311 e. The highest BCUT2D eigenvalue weighted by Crippen LogP contribution is 2.33. The molecule has 2 aromatic heterocycles. The quantitative estimate of drug-likeness (QED) is 0.343. The molecule has 6 heteroatoms. The maximum absolute atomic E-state index is 6.21. The lowest BCUT2D eigenvalue weighted by molar-refractivity contribution is 0.314. The van der Waals surface area contributed by atoms with Crippen molar-refractivity contribution < 1.29 is 0 Å². The third kappa shape index (κ3) is 6.76.